The molecule has 0 spiro atoms. The minimum absolute atomic E-state index is 0.163. The van der Waals surface area contributed by atoms with E-state index in [4.69, 9.17) is 4.74 Å². The van der Waals surface area contributed by atoms with Gasteiger partial charge in [0.05, 0.1) is 6.61 Å². The highest BCUT2D eigenvalue weighted by molar-refractivity contribution is 5.26. The molecule has 1 rings (SSSR count). The number of hydrogen-bond acceptors (Lipinski definition) is 2. The number of ether oxygens (including phenoxy) is 1. The fraction of sp³-hybridized carbons (Fsp3) is 0.571. The first-order valence-corrected chi connectivity index (χ1v) is 6.19. The van der Waals surface area contributed by atoms with Crippen LogP contribution in [-0.4, -0.2) is 25.8 Å². The minimum atomic E-state index is -0.163. The normalized spacial score (nSPS) is 12.7. The Balaban J connectivity index is 2.30. The van der Waals surface area contributed by atoms with Gasteiger partial charge in [-0.1, -0.05) is 6.07 Å². The van der Waals surface area contributed by atoms with Gasteiger partial charge in [0.1, 0.15) is 5.82 Å². The third kappa shape index (κ3) is 5.29. The summed E-state index contributed by atoms with van der Waals surface area (Å²) in [5.74, 6) is -0.163. The number of hydrogen-bond donors (Lipinski definition) is 1. The highest BCUT2D eigenvalue weighted by Gasteiger charge is 2.03. The lowest BCUT2D eigenvalue weighted by Crippen LogP contribution is -2.32. The van der Waals surface area contributed by atoms with Crippen molar-refractivity contribution in [2.75, 3.05) is 19.8 Å². The van der Waals surface area contributed by atoms with Gasteiger partial charge in [0.25, 0.3) is 0 Å². The van der Waals surface area contributed by atoms with Crippen LogP contribution in [0.1, 0.15) is 25.0 Å². The molecule has 0 fully saturated rings. The summed E-state index contributed by atoms with van der Waals surface area (Å²) in [6, 6.07) is 5.32. The molecular weight excluding hydrogens is 217 g/mol. The van der Waals surface area contributed by atoms with Gasteiger partial charge in [0, 0.05) is 12.6 Å². The monoisotopic (exact) mass is 239 g/mol. The standard InChI is InChI=1S/C14H22FNO/c1-4-17-10-12(3)16-8-7-13-5-6-14(15)9-11(13)2/h5-6,9,12,16H,4,7-8,10H2,1-3H3. The molecule has 3 heteroatoms. The van der Waals surface area contributed by atoms with Crippen molar-refractivity contribution in [2.45, 2.75) is 33.2 Å². The van der Waals surface area contributed by atoms with Crippen molar-refractivity contribution >= 4 is 0 Å². The zero-order valence-electron chi connectivity index (χ0n) is 10.9. The smallest absolute Gasteiger partial charge is 0.123 e. The maximum absolute atomic E-state index is 12.9. The second-order valence-corrected chi connectivity index (χ2v) is 4.34. The van der Waals surface area contributed by atoms with Crippen LogP contribution in [0.2, 0.25) is 0 Å². The molecule has 17 heavy (non-hydrogen) atoms. The zero-order valence-corrected chi connectivity index (χ0v) is 10.9. The van der Waals surface area contributed by atoms with Crippen LogP contribution >= 0.6 is 0 Å². The fourth-order valence-electron chi connectivity index (χ4n) is 1.75. The molecule has 1 N–H and O–H groups in total. The average Bonchev–Trinajstić information content (AvgIpc) is 2.29. The van der Waals surface area contributed by atoms with Crippen molar-refractivity contribution in [3.05, 3.63) is 35.1 Å². The van der Waals surface area contributed by atoms with E-state index >= 15 is 0 Å². The van der Waals surface area contributed by atoms with Crippen LogP contribution in [0.15, 0.2) is 18.2 Å². The van der Waals surface area contributed by atoms with E-state index in [1.165, 1.54) is 11.6 Å². The first kappa shape index (κ1) is 14.1. The van der Waals surface area contributed by atoms with E-state index in [9.17, 15) is 4.39 Å². The molecule has 0 amide bonds. The van der Waals surface area contributed by atoms with Crippen molar-refractivity contribution in [2.24, 2.45) is 0 Å². The summed E-state index contributed by atoms with van der Waals surface area (Å²) in [7, 11) is 0. The van der Waals surface area contributed by atoms with Gasteiger partial charge in [0.2, 0.25) is 0 Å². The summed E-state index contributed by atoms with van der Waals surface area (Å²) in [5, 5.41) is 3.39. The summed E-state index contributed by atoms with van der Waals surface area (Å²) >= 11 is 0. The van der Waals surface area contributed by atoms with Gasteiger partial charge in [-0.25, -0.2) is 4.39 Å². The van der Waals surface area contributed by atoms with E-state index in [1.54, 1.807) is 6.07 Å². The quantitative estimate of drug-likeness (QED) is 0.790. The van der Waals surface area contributed by atoms with Gasteiger partial charge < -0.3 is 10.1 Å². The molecule has 0 heterocycles. The zero-order chi connectivity index (χ0) is 12.7. The number of rotatable bonds is 7. The van der Waals surface area contributed by atoms with Gasteiger partial charge in [-0.2, -0.15) is 0 Å². The molecule has 0 aromatic heterocycles. The van der Waals surface area contributed by atoms with E-state index in [2.05, 4.69) is 12.2 Å². The molecule has 0 aliphatic rings. The predicted molar refractivity (Wildman–Crippen MR) is 68.8 cm³/mol. The van der Waals surface area contributed by atoms with Crippen LogP contribution < -0.4 is 5.32 Å². The third-order valence-electron chi connectivity index (χ3n) is 2.76. The Hall–Kier alpha value is -0.930. The highest BCUT2D eigenvalue weighted by Crippen LogP contribution is 2.10. The second-order valence-electron chi connectivity index (χ2n) is 4.34. The van der Waals surface area contributed by atoms with Crippen molar-refractivity contribution in [3.63, 3.8) is 0 Å². The molecule has 0 radical (unpaired) electrons. The van der Waals surface area contributed by atoms with Crippen LogP contribution in [0.25, 0.3) is 0 Å². The van der Waals surface area contributed by atoms with Gasteiger partial charge in [-0.15, -0.1) is 0 Å². The fourth-order valence-corrected chi connectivity index (χ4v) is 1.75. The molecule has 0 saturated carbocycles. The highest BCUT2D eigenvalue weighted by atomic mass is 19.1. The van der Waals surface area contributed by atoms with Gasteiger partial charge >= 0.3 is 0 Å². The maximum atomic E-state index is 12.9. The molecule has 0 bridgehead atoms. The third-order valence-corrected chi connectivity index (χ3v) is 2.76. The molecule has 0 saturated heterocycles. The Kier molecular flexibility index (Phi) is 6.16. The Labute approximate surface area is 103 Å². The Morgan fingerprint density at radius 2 is 2.18 bits per heavy atom. The molecule has 2 nitrogen and oxygen atoms in total. The first-order chi connectivity index (χ1) is 8.13. The molecule has 0 aliphatic heterocycles. The molecule has 1 atom stereocenters. The Morgan fingerprint density at radius 3 is 2.82 bits per heavy atom. The molecule has 1 aromatic carbocycles. The minimum Gasteiger partial charge on any atom is -0.380 e. The number of aryl methyl sites for hydroxylation is 1. The van der Waals surface area contributed by atoms with Gasteiger partial charge in [-0.3, -0.25) is 0 Å². The SMILES string of the molecule is CCOCC(C)NCCc1ccc(F)cc1C. The summed E-state index contributed by atoms with van der Waals surface area (Å²) in [5.41, 5.74) is 2.21. The first-order valence-electron chi connectivity index (χ1n) is 6.19. The van der Waals surface area contributed by atoms with Crippen molar-refractivity contribution < 1.29 is 9.13 Å². The molecule has 0 aliphatic carbocycles. The lowest BCUT2D eigenvalue weighted by Gasteiger charge is -2.14. The van der Waals surface area contributed by atoms with Gasteiger partial charge in [0.15, 0.2) is 0 Å². The maximum Gasteiger partial charge on any atom is 0.123 e. The van der Waals surface area contributed by atoms with E-state index < -0.39 is 0 Å². The number of benzene rings is 1. The molecular formula is C14H22FNO. The lowest BCUT2D eigenvalue weighted by atomic mass is 10.1. The average molecular weight is 239 g/mol. The van der Waals surface area contributed by atoms with Gasteiger partial charge in [-0.05, 0) is 57.0 Å². The van der Waals surface area contributed by atoms with E-state index in [-0.39, 0.29) is 5.82 Å². The van der Waals surface area contributed by atoms with Crippen LogP contribution in [0.4, 0.5) is 4.39 Å². The summed E-state index contributed by atoms with van der Waals surface area (Å²) in [4.78, 5) is 0. The van der Waals surface area contributed by atoms with E-state index in [0.29, 0.717) is 6.04 Å². The van der Waals surface area contributed by atoms with E-state index in [0.717, 1.165) is 31.7 Å². The number of halogens is 1. The number of nitrogens with one attached hydrogen (secondary N) is 1. The summed E-state index contributed by atoms with van der Waals surface area (Å²) in [6.45, 7) is 8.42. The van der Waals surface area contributed by atoms with Crippen LogP contribution in [-0.2, 0) is 11.2 Å². The van der Waals surface area contributed by atoms with E-state index in [1.807, 2.05) is 19.9 Å². The van der Waals surface area contributed by atoms with Crippen molar-refractivity contribution in [1.82, 2.24) is 5.32 Å². The van der Waals surface area contributed by atoms with Crippen LogP contribution in [0, 0.1) is 12.7 Å². The summed E-state index contributed by atoms with van der Waals surface area (Å²) < 4.78 is 18.2. The van der Waals surface area contributed by atoms with Crippen LogP contribution in [0.5, 0.6) is 0 Å². The Morgan fingerprint density at radius 1 is 1.41 bits per heavy atom. The molecule has 96 valence electrons. The second kappa shape index (κ2) is 7.41. The van der Waals surface area contributed by atoms with Crippen molar-refractivity contribution in [1.29, 1.82) is 0 Å². The molecule has 1 aromatic rings. The molecule has 1 unspecified atom stereocenters. The topological polar surface area (TPSA) is 21.3 Å². The summed E-state index contributed by atoms with van der Waals surface area (Å²) in [6.07, 6.45) is 0.919. The van der Waals surface area contributed by atoms with Crippen LogP contribution in [0.3, 0.4) is 0 Å². The Bertz CT molecular complexity index is 341. The predicted octanol–water partition coefficient (Wildman–Crippen LogP) is 2.69. The van der Waals surface area contributed by atoms with Crippen molar-refractivity contribution in [3.8, 4) is 0 Å². The largest absolute Gasteiger partial charge is 0.380 e. The lowest BCUT2D eigenvalue weighted by molar-refractivity contribution is 0.127.